The maximum absolute atomic E-state index is 9.90. The molecule has 0 aliphatic rings. The van der Waals surface area contributed by atoms with E-state index in [9.17, 15) is 9.59 Å². The summed E-state index contributed by atoms with van der Waals surface area (Å²) in [4.78, 5) is 19.8. The van der Waals surface area contributed by atoms with Crippen molar-refractivity contribution in [2.75, 3.05) is 0 Å². The van der Waals surface area contributed by atoms with Crippen LogP contribution in [0.5, 0.6) is 0 Å². The van der Waals surface area contributed by atoms with Crippen molar-refractivity contribution in [3.05, 3.63) is 0 Å². The molecular formula is C6H10MoO4. The van der Waals surface area contributed by atoms with Gasteiger partial charge in [0, 0.05) is 33.9 Å². The van der Waals surface area contributed by atoms with Gasteiger partial charge in [0.15, 0.2) is 0 Å². The summed E-state index contributed by atoms with van der Waals surface area (Å²) in [5.41, 5.74) is 0. The molecule has 0 aliphatic heterocycles. The van der Waals surface area contributed by atoms with E-state index in [0.29, 0.717) is 12.8 Å². The van der Waals surface area contributed by atoms with Gasteiger partial charge < -0.3 is 10.2 Å². The molecule has 64 valence electrons. The van der Waals surface area contributed by atoms with Crippen LogP contribution in [-0.4, -0.2) is 22.2 Å². The molecule has 0 bridgehead atoms. The Balaban J connectivity index is 0. The Morgan fingerprint density at radius 1 is 0.909 bits per heavy atom. The van der Waals surface area contributed by atoms with E-state index >= 15 is 0 Å². The molecule has 0 radical (unpaired) electrons. The first kappa shape index (κ1) is 13.2. The molecule has 0 saturated heterocycles. The summed E-state index contributed by atoms with van der Waals surface area (Å²) in [6, 6.07) is 0. The minimum absolute atomic E-state index is 0. The summed E-state index contributed by atoms with van der Waals surface area (Å²) in [5, 5.41) is 16.3. The number of carboxylic acids is 2. The van der Waals surface area contributed by atoms with E-state index in [1.807, 2.05) is 0 Å². The minimum Gasteiger partial charge on any atom is -0.481 e. The van der Waals surface area contributed by atoms with E-state index in [1.165, 1.54) is 0 Å². The molecule has 5 heteroatoms. The number of hydrogen-bond acceptors (Lipinski definition) is 2. The summed E-state index contributed by atoms with van der Waals surface area (Å²) >= 11 is 0. The fraction of sp³-hybridized carbons (Fsp3) is 0.667. The van der Waals surface area contributed by atoms with Crippen molar-refractivity contribution >= 4 is 11.9 Å². The Bertz CT molecular complexity index is 119. The van der Waals surface area contributed by atoms with Crippen molar-refractivity contribution in [3.8, 4) is 0 Å². The topological polar surface area (TPSA) is 74.6 Å². The molecule has 0 heterocycles. The molecule has 0 atom stereocenters. The van der Waals surface area contributed by atoms with Gasteiger partial charge in [0.25, 0.3) is 0 Å². The number of carbonyl (C=O) groups is 2. The third kappa shape index (κ3) is 12.8. The molecule has 0 aliphatic carbocycles. The molecule has 4 nitrogen and oxygen atoms in total. The number of carboxylic acid groups (broad SMARTS) is 2. The van der Waals surface area contributed by atoms with Crippen molar-refractivity contribution in [1.82, 2.24) is 0 Å². The van der Waals surface area contributed by atoms with Crippen LogP contribution in [0.15, 0.2) is 0 Å². The predicted molar refractivity (Wildman–Crippen MR) is 33.7 cm³/mol. The van der Waals surface area contributed by atoms with E-state index in [1.54, 1.807) is 0 Å². The maximum atomic E-state index is 9.90. The summed E-state index contributed by atoms with van der Waals surface area (Å²) < 4.78 is 0. The number of unbranched alkanes of at least 4 members (excludes halogenated alkanes) is 1. The van der Waals surface area contributed by atoms with Gasteiger partial charge in [0.2, 0.25) is 0 Å². The third-order valence-corrected chi connectivity index (χ3v) is 1.03. The molecule has 0 aromatic heterocycles. The first-order valence-corrected chi connectivity index (χ1v) is 3.06. The smallest absolute Gasteiger partial charge is 0.303 e. The zero-order valence-corrected chi connectivity index (χ0v) is 7.95. The molecule has 0 aromatic carbocycles. The molecular weight excluding hydrogens is 232 g/mol. The first-order chi connectivity index (χ1) is 4.63. The zero-order valence-electron chi connectivity index (χ0n) is 5.95. The monoisotopic (exact) mass is 244 g/mol. The molecule has 0 fully saturated rings. The summed E-state index contributed by atoms with van der Waals surface area (Å²) in [6.45, 7) is 0. The van der Waals surface area contributed by atoms with Crippen LogP contribution < -0.4 is 0 Å². The standard InChI is InChI=1S/C6H10O4.Mo/c7-5(8)3-1-2-4-6(9)10;/h1-4H2,(H,7,8)(H,9,10);. The fourth-order valence-corrected chi connectivity index (χ4v) is 0.552. The van der Waals surface area contributed by atoms with Crippen LogP contribution in [-0.2, 0) is 30.7 Å². The van der Waals surface area contributed by atoms with Gasteiger partial charge in [-0.3, -0.25) is 9.59 Å². The van der Waals surface area contributed by atoms with Gasteiger partial charge in [-0.2, -0.15) is 0 Å². The molecule has 0 saturated carbocycles. The van der Waals surface area contributed by atoms with Gasteiger partial charge in [0.05, 0.1) is 0 Å². The SMILES string of the molecule is O=C(O)CCCCC(=O)O.[Mo]. The van der Waals surface area contributed by atoms with E-state index in [-0.39, 0.29) is 33.9 Å². The van der Waals surface area contributed by atoms with Gasteiger partial charge in [0.1, 0.15) is 0 Å². The van der Waals surface area contributed by atoms with Gasteiger partial charge in [-0.1, -0.05) is 0 Å². The van der Waals surface area contributed by atoms with Crippen LogP contribution in [0.1, 0.15) is 25.7 Å². The largest absolute Gasteiger partial charge is 0.481 e. The zero-order chi connectivity index (χ0) is 7.98. The summed E-state index contributed by atoms with van der Waals surface area (Å²) in [6.07, 6.45) is 1.02. The van der Waals surface area contributed by atoms with Gasteiger partial charge in [-0.05, 0) is 12.8 Å². The van der Waals surface area contributed by atoms with Crippen LogP contribution in [0.3, 0.4) is 0 Å². The second-order valence-electron chi connectivity index (χ2n) is 1.99. The fourth-order valence-electron chi connectivity index (χ4n) is 0.552. The van der Waals surface area contributed by atoms with Gasteiger partial charge >= 0.3 is 11.9 Å². The first-order valence-electron chi connectivity index (χ1n) is 3.06. The number of hydrogen-bond donors (Lipinski definition) is 2. The van der Waals surface area contributed by atoms with Crippen LogP contribution in [0.25, 0.3) is 0 Å². The van der Waals surface area contributed by atoms with E-state index in [2.05, 4.69) is 0 Å². The van der Waals surface area contributed by atoms with Crippen molar-refractivity contribution in [2.45, 2.75) is 25.7 Å². The Hall–Kier alpha value is -0.372. The van der Waals surface area contributed by atoms with Crippen molar-refractivity contribution in [1.29, 1.82) is 0 Å². The second-order valence-corrected chi connectivity index (χ2v) is 1.99. The van der Waals surface area contributed by atoms with Crippen molar-refractivity contribution in [2.24, 2.45) is 0 Å². The van der Waals surface area contributed by atoms with E-state index in [0.717, 1.165) is 0 Å². The molecule has 0 amide bonds. The third-order valence-electron chi connectivity index (χ3n) is 1.03. The second kappa shape index (κ2) is 7.73. The average molecular weight is 242 g/mol. The molecule has 2 N–H and O–H groups in total. The minimum atomic E-state index is -0.870. The normalized spacial score (nSPS) is 8.36. The molecule has 0 rings (SSSR count). The Morgan fingerprint density at radius 3 is 1.36 bits per heavy atom. The summed E-state index contributed by atoms with van der Waals surface area (Å²) in [5.74, 6) is -1.74. The quantitative estimate of drug-likeness (QED) is 0.550. The Labute approximate surface area is 78.9 Å². The van der Waals surface area contributed by atoms with Crippen LogP contribution >= 0.6 is 0 Å². The van der Waals surface area contributed by atoms with E-state index in [4.69, 9.17) is 10.2 Å². The van der Waals surface area contributed by atoms with Crippen LogP contribution in [0.2, 0.25) is 0 Å². The van der Waals surface area contributed by atoms with Crippen LogP contribution in [0.4, 0.5) is 0 Å². The average Bonchev–Trinajstić information content (AvgIpc) is 1.79. The maximum Gasteiger partial charge on any atom is 0.303 e. The van der Waals surface area contributed by atoms with Crippen LogP contribution in [0, 0.1) is 0 Å². The van der Waals surface area contributed by atoms with Gasteiger partial charge in [-0.25, -0.2) is 0 Å². The van der Waals surface area contributed by atoms with E-state index < -0.39 is 11.9 Å². The summed E-state index contributed by atoms with van der Waals surface area (Å²) in [7, 11) is 0. The molecule has 0 spiro atoms. The Kier molecular flexibility index (Phi) is 9.30. The van der Waals surface area contributed by atoms with Crippen molar-refractivity contribution < 1.29 is 40.9 Å². The number of rotatable bonds is 5. The number of aliphatic carboxylic acids is 2. The van der Waals surface area contributed by atoms with Crippen molar-refractivity contribution in [3.63, 3.8) is 0 Å². The Morgan fingerprint density at radius 2 is 1.18 bits per heavy atom. The molecule has 11 heavy (non-hydrogen) atoms. The van der Waals surface area contributed by atoms with Gasteiger partial charge in [-0.15, -0.1) is 0 Å². The molecule has 0 aromatic rings. The predicted octanol–water partition coefficient (Wildman–Crippen LogP) is 0.714. The molecule has 0 unspecified atom stereocenters.